The van der Waals surface area contributed by atoms with Crippen LogP contribution in [0.5, 0.6) is 0 Å². The van der Waals surface area contributed by atoms with E-state index in [-0.39, 0.29) is 18.4 Å². The Kier molecular flexibility index (Phi) is 4.49. The van der Waals surface area contributed by atoms with Crippen molar-refractivity contribution < 1.29 is 14.4 Å². The average molecular weight is 226 g/mol. The first kappa shape index (κ1) is 12.7. The fourth-order valence-corrected chi connectivity index (χ4v) is 1.68. The topological polar surface area (TPSA) is 75.4 Å². The van der Waals surface area contributed by atoms with Gasteiger partial charge in [-0.05, 0) is 27.2 Å². The van der Waals surface area contributed by atoms with Crippen molar-refractivity contribution in [3.05, 3.63) is 17.0 Å². The molecule has 5 heteroatoms. The molecule has 1 atom stereocenters. The van der Waals surface area contributed by atoms with Crippen LogP contribution in [-0.4, -0.2) is 29.3 Å². The number of aliphatic hydroxyl groups excluding tert-OH is 1. The van der Waals surface area contributed by atoms with Gasteiger partial charge in [0.1, 0.15) is 5.76 Å². The van der Waals surface area contributed by atoms with Crippen molar-refractivity contribution in [1.82, 2.24) is 10.5 Å². The van der Waals surface area contributed by atoms with Crippen LogP contribution < -0.4 is 5.32 Å². The van der Waals surface area contributed by atoms with Gasteiger partial charge in [0.15, 0.2) is 0 Å². The maximum atomic E-state index is 11.8. The molecule has 0 aromatic carbocycles. The molecule has 0 aliphatic heterocycles. The molecular weight excluding hydrogens is 208 g/mol. The van der Waals surface area contributed by atoms with Crippen LogP contribution in [0.15, 0.2) is 4.52 Å². The number of hydrogen-bond donors (Lipinski definition) is 2. The van der Waals surface area contributed by atoms with Gasteiger partial charge in [-0.3, -0.25) is 4.79 Å². The lowest BCUT2D eigenvalue weighted by Gasteiger charge is -2.11. The molecule has 0 spiro atoms. The highest BCUT2D eigenvalue weighted by molar-refractivity contribution is 5.83. The van der Waals surface area contributed by atoms with Crippen molar-refractivity contribution in [2.24, 2.45) is 0 Å². The smallest absolute Gasteiger partial charge is 0.227 e. The third-order valence-electron chi connectivity index (χ3n) is 2.55. The van der Waals surface area contributed by atoms with Crippen molar-refractivity contribution >= 4 is 5.91 Å². The Morgan fingerprint density at radius 2 is 2.25 bits per heavy atom. The van der Waals surface area contributed by atoms with Gasteiger partial charge in [0.25, 0.3) is 0 Å². The SMILES string of the molecule is Cc1noc(C)c1C(C)C(=O)NCCCO. The number of hydrogen-bond acceptors (Lipinski definition) is 4. The molecule has 90 valence electrons. The summed E-state index contributed by atoms with van der Waals surface area (Å²) in [5, 5.41) is 15.2. The lowest BCUT2D eigenvalue weighted by Crippen LogP contribution is -2.29. The van der Waals surface area contributed by atoms with Gasteiger partial charge in [-0.25, -0.2) is 0 Å². The van der Waals surface area contributed by atoms with E-state index in [9.17, 15) is 4.79 Å². The standard InChI is InChI=1S/C11H18N2O3/c1-7(11(15)12-5-4-6-14)10-8(2)13-16-9(10)3/h7,14H,4-6H2,1-3H3,(H,12,15). The van der Waals surface area contributed by atoms with Crippen LogP contribution in [0.4, 0.5) is 0 Å². The van der Waals surface area contributed by atoms with Gasteiger partial charge in [-0.1, -0.05) is 5.16 Å². The number of amides is 1. The quantitative estimate of drug-likeness (QED) is 0.731. The van der Waals surface area contributed by atoms with Crippen molar-refractivity contribution in [3.8, 4) is 0 Å². The summed E-state index contributed by atoms with van der Waals surface area (Å²) in [7, 11) is 0. The van der Waals surface area contributed by atoms with Gasteiger partial charge in [-0.15, -0.1) is 0 Å². The predicted octanol–water partition coefficient (Wildman–Crippen LogP) is 0.894. The van der Waals surface area contributed by atoms with Crippen LogP contribution in [0.2, 0.25) is 0 Å². The summed E-state index contributed by atoms with van der Waals surface area (Å²) >= 11 is 0. The van der Waals surface area contributed by atoms with Crippen molar-refractivity contribution in [3.63, 3.8) is 0 Å². The van der Waals surface area contributed by atoms with Gasteiger partial charge in [-0.2, -0.15) is 0 Å². The Morgan fingerprint density at radius 3 is 2.75 bits per heavy atom. The number of aromatic nitrogens is 1. The molecule has 16 heavy (non-hydrogen) atoms. The van der Waals surface area contributed by atoms with Crippen LogP contribution in [-0.2, 0) is 4.79 Å². The van der Waals surface area contributed by atoms with E-state index in [4.69, 9.17) is 9.63 Å². The molecule has 0 fully saturated rings. The fourth-order valence-electron chi connectivity index (χ4n) is 1.68. The number of carbonyl (C=O) groups excluding carboxylic acids is 1. The number of aliphatic hydroxyl groups is 1. The van der Waals surface area contributed by atoms with E-state index in [1.165, 1.54) is 0 Å². The van der Waals surface area contributed by atoms with Crippen molar-refractivity contribution in [2.45, 2.75) is 33.1 Å². The molecule has 0 aliphatic rings. The van der Waals surface area contributed by atoms with Crippen LogP contribution in [0.25, 0.3) is 0 Å². The van der Waals surface area contributed by atoms with Crippen molar-refractivity contribution in [2.75, 3.05) is 13.2 Å². The molecule has 1 unspecified atom stereocenters. The first-order valence-corrected chi connectivity index (χ1v) is 5.39. The van der Waals surface area contributed by atoms with Crippen molar-refractivity contribution in [1.29, 1.82) is 0 Å². The highest BCUT2D eigenvalue weighted by atomic mass is 16.5. The summed E-state index contributed by atoms with van der Waals surface area (Å²) < 4.78 is 5.02. The monoisotopic (exact) mass is 226 g/mol. The molecule has 5 nitrogen and oxygen atoms in total. The minimum Gasteiger partial charge on any atom is -0.396 e. The number of nitrogens with zero attached hydrogens (tertiary/aromatic N) is 1. The lowest BCUT2D eigenvalue weighted by atomic mass is 9.99. The summed E-state index contributed by atoms with van der Waals surface area (Å²) in [6.07, 6.45) is 0.570. The molecule has 0 aliphatic carbocycles. The summed E-state index contributed by atoms with van der Waals surface area (Å²) in [5.74, 6) is 0.343. The summed E-state index contributed by atoms with van der Waals surface area (Å²) in [5.41, 5.74) is 1.60. The van der Waals surface area contributed by atoms with Gasteiger partial charge in [0.05, 0.1) is 11.6 Å². The number of nitrogens with one attached hydrogen (secondary N) is 1. The van der Waals surface area contributed by atoms with E-state index in [1.807, 2.05) is 13.8 Å². The Bertz CT molecular complexity index is 341. The third kappa shape index (κ3) is 2.82. The summed E-state index contributed by atoms with van der Waals surface area (Å²) in [6.45, 7) is 6.01. The molecular formula is C11H18N2O3. The van der Waals surface area contributed by atoms with Crippen LogP contribution in [0.1, 0.15) is 36.3 Å². The van der Waals surface area contributed by atoms with Gasteiger partial charge < -0.3 is 14.9 Å². The molecule has 2 N–H and O–H groups in total. The Balaban J connectivity index is 2.63. The minimum absolute atomic E-state index is 0.0668. The zero-order valence-corrected chi connectivity index (χ0v) is 9.91. The maximum absolute atomic E-state index is 11.8. The number of carbonyl (C=O) groups is 1. The van der Waals surface area contributed by atoms with E-state index in [0.29, 0.717) is 18.7 Å². The van der Waals surface area contributed by atoms with Crippen LogP contribution in [0, 0.1) is 13.8 Å². The number of rotatable bonds is 5. The number of aryl methyl sites for hydroxylation is 2. The summed E-state index contributed by atoms with van der Waals surface area (Å²) in [6, 6.07) is 0. The predicted molar refractivity (Wildman–Crippen MR) is 59.1 cm³/mol. The third-order valence-corrected chi connectivity index (χ3v) is 2.55. The zero-order chi connectivity index (χ0) is 12.1. The highest BCUT2D eigenvalue weighted by Gasteiger charge is 2.22. The van der Waals surface area contributed by atoms with E-state index < -0.39 is 0 Å². The van der Waals surface area contributed by atoms with Crippen LogP contribution >= 0.6 is 0 Å². The van der Waals surface area contributed by atoms with Crippen LogP contribution in [0.3, 0.4) is 0 Å². The van der Waals surface area contributed by atoms with E-state index in [0.717, 1.165) is 11.3 Å². The van der Waals surface area contributed by atoms with Gasteiger partial charge in [0, 0.05) is 18.7 Å². The largest absolute Gasteiger partial charge is 0.396 e. The first-order chi connectivity index (χ1) is 7.57. The second-order valence-electron chi connectivity index (χ2n) is 3.83. The van der Waals surface area contributed by atoms with Gasteiger partial charge >= 0.3 is 0 Å². The lowest BCUT2D eigenvalue weighted by molar-refractivity contribution is -0.122. The molecule has 1 rings (SSSR count). The zero-order valence-electron chi connectivity index (χ0n) is 9.91. The maximum Gasteiger partial charge on any atom is 0.227 e. The minimum atomic E-state index is -0.273. The van der Waals surface area contributed by atoms with E-state index in [2.05, 4.69) is 10.5 Å². The Morgan fingerprint density at radius 1 is 1.56 bits per heavy atom. The Labute approximate surface area is 94.8 Å². The first-order valence-electron chi connectivity index (χ1n) is 5.39. The molecule has 1 heterocycles. The summed E-state index contributed by atoms with van der Waals surface area (Å²) in [4.78, 5) is 11.8. The second kappa shape index (κ2) is 5.65. The fraction of sp³-hybridized carbons (Fsp3) is 0.636. The normalized spacial score (nSPS) is 12.5. The molecule has 1 aromatic rings. The second-order valence-corrected chi connectivity index (χ2v) is 3.83. The Hall–Kier alpha value is -1.36. The molecule has 0 bridgehead atoms. The molecule has 1 aromatic heterocycles. The van der Waals surface area contributed by atoms with Gasteiger partial charge in [0.2, 0.25) is 5.91 Å². The average Bonchev–Trinajstić information content (AvgIpc) is 2.58. The highest BCUT2D eigenvalue weighted by Crippen LogP contribution is 2.22. The molecule has 0 saturated heterocycles. The molecule has 0 radical (unpaired) electrons. The molecule has 0 saturated carbocycles. The van der Waals surface area contributed by atoms with E-state index >= 15 is 0 Å². The molecule has 1 amide bonds. The van der Waals surface area contributed by atoms with E-state index in [1.54, 1.807) is 6.92 Å².